The molecule has 0 amide bonds. The van der Waals surface area contributed by atoms with E-state index in [1.807, 2.05) is 0 Å². The molecule has 1 unspecified atom stereocenters. The molecule has 0 aromatic rings. The fourth-order valence-electron chi connectivity index (χ4n) is 1.03. The fourth-order valence-corrected chi connectivity index (χ4v) is 2.96. The van der Waals surface area contributed by atoms with Gasteiger partial charge in [0.25, 0.3) is 0 Å². The van der Waals surface area contributed by atoms with Crippen LogP contribution in [0.1, 0.15) is 6.42 Å². The van der Waals surface area contributed by atoms with Crippen LogP contribution in [0.25, 0.3) is 0 Å². The third-order valence-corrected chi connectivity index (χ3v) is 3.86. The van der Waals surface area contributed by atoms with Gasteiger partial charge >= 0.3 is 7.67 Å². The average Bonchev–Trinajstić information content (AvgIpc) is 2.28. The Morgan fingerprint density at radius 3 is 2.47 bits per heavy atom. The number of halogens is 2. The summed E-state index contributed by atoms with van der Waals surface area (Å²) in [4.78, 5) is 4.47. The summed E-state index contributed by atoms with van der Waals surface area (Å²) in [6.45, 7) is 0.935. The summed E-state index contributed by atoms with van der Waals surface area (Å²) < 4.78 is 18.6. The van der Waals surface area contributed by atoms with Crippen LogP contribution in [-0.4, -0.2) is 49.5 Å². The van der Waals surface area contributed by atoms with Crippen LogP contribution >= 0.6 is 30.9 Å². The van der Waals surface area contributed by atoms with E-state index in [4.69, 9.17) is 33.2 Å². The fraction of sp³-hybridized carbons (Fsp3) is 0.875. The van der Waals surface area contributed by atoms with Gasteiger partial charge in [0.2, 0.25) is 0 Å². The van der Waals surface area contributed by atoms with Crippen molar-refractivity contribution >= 4 is 37.1 Å². The lowest BCUT2D eigenvalue weighted by molar-refractivity contribution is 0.213. The van der Waals surface area contributed by atoms with E-state index in [-0.39, 0.29) is 6.61 Å². The maximum Gasteiger partial charge on any atom is 0.340 e. The molecule has 0 saturated carbocycles. The number of alkyl halides is 2. The minimum absolute atomic E-state index is 0.196. The third-order valence-electron chi connectivity index (χ3n) is 1.78. The second-order valence-electron chi connectivity index (χ2n) is 2.99. The zero-order valence-electron chi connectivity index (χ0n) is 9.72. The van der Waals surface area contributed by atoms with Crippen LogP contribution in [0.15, 0.2) is 5.16 Å². The molecule has 0 aliphatic heterocycles. The third kappa shape index (κ3) is 7.97. The Bertz CT molecular complexity index is 262. The van der Waals surface area contributed by atoms with E-state index in [1.165, 1.54) is 18.0 Å². The van der Waals surface area contributed by atoms with E-state index in [9.17, 15) is 4.57 Å². The van der Waals surface area contributed by atoms with Crippen LogP contribution < -0.4 is 5.50 Å². The van der Waals surface area contributed by atoms with Gasteiger partial charge in [0, 0.05) is 37.5 Å². The van der Waals surface area contributed by atoms with E-state index in [1.54, 1.807) is 0 Å². The first-order valence-electron chi connectivity index (χ1n) is 5.04. The molecule has 0 spiro atoms. The predicted octanol–water partition coefficient (Wildman–Crippen LogP) is 1.87. The summed E-state index contributed by atoms with van der Waals surface area (Å²) in [5.41, 5.74) is 5.61. The summed E-state index contributed by atoms with van der Waals surface area (Å²) >= 11 is 11.2. The molecular weight excluding hydrogens is 288 g/mol. The zero-order chi connectivity index (χ0) is 13.1. The second kappa shape index (κ2) is 10.1. The highest BCUT2D eigenvalue weighted by Crippen LogP contribution is 2.42. The Kier molecular flexibility index (Phi) is 10.2. The van der Waals surface area contributed by atoms with Crippen molar-refractivity contribution in [3.63, 3.8) is 0 Å². The van der Waals surface area contributed by atoms with Gasteiger partial charge in [-0.15, -0.1) is 23.2 Å². The number of hydrogen-bond donors (Lipinski definition) is 1. The summed E-state index contributed by atoms with van der Waals surface area (Å²) in [7, 11) is -1.88. The minimum atomic E-state index is -3.32. The molecule has 0 aliphatic carbocycles. The van der Waals surface area contributed by atoms with Gasteiger partial charge in [-0.1, -0.05) is 5.16 Å². The van der Waals surface area contributed by atoms with E-state index >= 15 is 0 Å². The van der Waals surface area contributed by atoms with E-state index in [2.05, 4.69) is 9.99 Å². The number of nitrogens with zero attached hydrogens (tertiary/aromatic N) is 2. The van der Waals surface area contributed by atoms with Gasteiger partial charge in [-0.3, -0.25) is 4.57 Å². The lowest BCUT2D eigenvalue weighted by atomic mass is 10.5. The molecule has 0 aliphatic rings. The van der Waals surface area contributed by atoms with Gasteiger partial charge in [-0.25, -0.2) is 10.2 Å². The number of rotatable bonds is 10. The van der Waals surface area contributed by atoms with Crippen LogP contribution in [0.4, 0.5) is 0 Å². The van der Waals surface area contributed by atoms with Gasteiger partial charge in [0.15, 0.2) is 0 Å². The summed E-state index contributed by atoms with van der Waals surface area (Å²) in [6.07, 6.45) is 1.97. The SMILES string of the molecule is CON=CCCOP(N)(=O)N(CCCl)CCCl. The lowest BCUT2D eigenvalue weighted by Gasteiger charge is -2.26. The van der Waals surface area contributed by atoms with Crippen molar-refractivity contribution in [3.05, 3.63) is 0 Å². The molecule has 9 heteroatoms. The molecule has 0 fully saturated rings. The molecule has 0 heterocycles. The van der Waals surface area contributed by atoms with E-state index < -0.39 is 7.67 Å². The van der Waals surface area contributed by atoms with E-state index in [0.717, 1.165) is 0 Å². The highest BCUT2D eigenvalue weighted by molar-refractivity contribution is 7.53. The molecule has 0 saturated heterocycles. The monoisotopic (exact) mass is 305 g/mol. The van der Waals surface area contributed by atoms with Crippen molar-refractivity contribution in [1.29, 1.82) is 0 Å². The van der Waals surface area contributed by atoms with Crippen LogP contribution in [0.5, 0.6) is 0 Å². The molecule has 1 atom stereocenters. The van der Waals surface area contributed by atoms with Crippen LogP contribution in [0.3, 0.4) is 0 Å². The van der Waals surface area contributed by atoms with Crippen LogP contribution in [-0.2, 0) is 13.9 Å². The van der Waals surface area contributed by atoms with Gasteiger partial charge < -0.3 is 9.36 Å². The van der Waals surface area contributed by atoms with Crippen molar-refractivity contribution < 1.29 is 13.9 Å². The Balaban J connectivity index is 4.12. The molecule has 0 rings (SSSR count). The zero-order valence-corrected chi connectivity index (χ0v) is 12.1. The molecule has 2 N–H and O–H groups in total. The smallest absolute Gasteiger partial charge is 0.340 e. The van der Waals surface area contributed by atoms with Crippen molar-refractivity contribution in [2.45, 2.75) is 6.42 Å². The lowest BCUT2D eigenvalue weighted by Crippen LogP contribution is -2.29. The highest BCUT2D eigenvalue weighted by Gasteiger charge is 2.25. The van der Waals surface area contributed by atoms with Gasteiger partial charge in [-0.05, 0) is 0 Å². The molecule has 102 valence electrons. The molecule has 0 radical (unpaired) electrons. The van der Waals surface area contributed by atoms with Crippen LogP contribution in [0.2, 0.25) is 0 Å². The van der Waals surface area contributed by atoms with Gasteiger partial charge in [-0.2, -0.15) is 0 Å². The van der Waals surface area contributed by atoms with Gasteiger partial charge in [0.05, 0.1) is 6.61 Å². The first-order valence-corrected chi connectivity index (χ1v) is 7.75. The maximum absolute atomic E-state index is 12.0. The molecule has 0 bridgehead atoms. The molecule has 0 aromatic carbocycles. The second-order valence-corrected chi connectivity index (χ2v) is 5.70. The highest BCUT2D eigenvalue weighted by atomic mass is 35.5. The summed E-state index contributed by atoms with van der Waals surface area (Å²) in [5.74, 6) is 0.624. The normalized spacial score (nSPS) is 15.4. The quantitative estimate of drug-likeness (QED) is 0.219. The summed E-state index contributed by atoms with van der Waals surface area (Å²) in [6, 6.07) is 0. The molecule has 17 heavy (non-hydrogen) atoms. The summed E-state index contributed by atoms with van der Waals surface area (Å²) in [5, 5.41) is 3.52. The topological polar surface area (TPSA) is 77.1 Å². The van der Waals surface area contributed by atoms with Crippen molar-refractivity contribution in [1.82, 2.24) is 4.67 Å². The minimum Gasteiger partial charge on any atom is -0.399 e. The Labute approximate surface area is 112 Å². The number of hydrogen-bond acceptors (Lipinski definition) is 4. The molecular formula is C8H18Cl2N3O3P. The Hall–Kier alpha value is 0.160. The number of oxime groups is 1. The maximum atomic E-state index is 12.0. The Morgan fingerprint density at radius 1 is 1.41 bits per heavy atom. The molecule has 0 aromatic heterocycles. The number of nitrogens with two attached hydrogens (primary N) is 1. The van der Waals surface area contributed by atoms with Crippen LogP contribution in [0, 0.1) is 0 Å². The first-order chi connectivity index (χ1) is 8.08. The Morgan fingerprint density at radius 2 is 2.00 bits per heavy atom. The standard InChI is InChI=1S/C8H18Cl2N3O3P/c1-15-12-5-2-8-16-17(11,14)13(6-3-9)7-4-10/h5H,2-4,6-8H2,1H3,(H2,11,14). The van der Waals surface area contributed by atoms with Gasteiger partial charge in [0.1, 0.15) is 7.11 Å². The predicted molar refractivity (Wildman–Crippen MR) is 70.9 cm³/mol. The molecule has 6 nitrogen and oxygen atoms in total. The average molecular weight is 306 g/mol. The van der Waals surface area contributed by atoms with Crippen molar-refractivity contribution in [3.8, 4) is 0 Å². The van der Waals surface area contributed by atoms with Crippen molar-refractivity contribution in [2.24, 2.45) is 10.7 Å². The van der Waals surface area contributed by atoms with Crippen molar-refractivity contribution in [2.75, 3.05) is 38.6 Å². The van der Waals surface area contributed by atoms with E-state index in [0.29, 0.717) is 31.3 Å². The first kappa shape index (κ1) is 17.2. The largest absolute Gasteiger partial charge is 0.399 e.